The molecule has 0 saturated heterocycles. The number of hydrogen-bond donors (Lipinski definition) is 1. The van der Waals surface area contributed by atoms with Crippen molar-refractivity contribution in [3.63, 3.8) is 0 Å². The number of thiazole rings is 1. The summed E-state index contributed by atoms with van der Waals surface area (Å²) in [6, 6.07) is 0. The highest BCUT2D eigenvalue weighted by Crippen LogP contribution is 2.26. The first kappa shape index (κ1) is 11.6. The van der Waals surface area contributed by atoms with Crippen molar-refractivity contribution >= 4 is 17.3 Å². The van der Waals surface area contributed by atoms with Crippen LogP contribution in [0.4, 0.5) is 0 Å². The van der Waals surface area contributed by atoms with E-state index < -0.39 is 5.97 Å². The third kappa shape index (κ3) is 2.45. The first-order chi connectivity index (χ1) is 8.22. The average Bonchev–Trinajstić information content (AvgIpc) is 2.75. The summed E-state index contributed by atoms with van der Waals surface area (Å²) in [6.07, 6.45) is 4.62. The van der Waals surface area contributed by atoms with Crippen molar-refractivity contribution in [2.75, 3.05) is 7.11 Å². The molecule has 2 rings (SSSR count). The number of carboxylic acid groups (broad SMARTS) is 1. The molecule has 2 aromatic rings. The molecule has 0 aromatic carbocycles. The van der Waals surface area contributed by atoms with Gasteiger partial charge in [0.15, 0.2) is 0 Å². The lowest BCUT2D eigenvalue weighted by molar-refractivity contribution is 0.0697. The molecule has 0 saturated carbocycles. The predicted molar refractivity (Wildman–Crippen MR) is 60.8 cm³/mol. The molecule has 88 valence electrons. The monoisotopic (exact) mass is 251 g/mol. The highest BCUT2D eigenvalue weighted by Gasteiger charge is 2.18. The number of ether oxygens (including phenoxy) is 1. The zero-order chi connectivity index (χ0) is 12.3. The highest BCUT2D eigenvalue weighted by molar-refractivity contribution is 7.17. The number of carbonyl (C=O) groups is 1. The van der Waals surface area contributed by atoms with Crippen LogP contribution >= 0.6 is 11.3 Å². The number of rotatable bonds is 4. The Morgan fingerprint density at radius 2 is 2.35 bits per heavy atom. The maximum absolute atomic E-state index is 11.0. The van der Waals surface area contributed by atoms with Crippen LogP contribution in [0.5, 0.6) is 0 Å². The Kier molecular flexibility index (Phi) is 3.40. The van der Waals surface area contributed by atoms with Gasteiger partial charge < -0.3 is 9.84 Å². The van der Waals surface area contributed by atoms with Crippen LogP contribution in [0.3, 0.4) is 0 Å². The van der Waals surface area contributed by atoms with E-state index in [2.05, 4.69) is 15.0 Å². The molecule has 17 heavy (non-hydrogen) atoms. The molecule has 6 nitrogen and oxygen atoms in total. The van der Waals surface area contributed by atoms with Gasteiger partial charge in [-0.15, -0.1) is 11.3 Å². The molecule has 0 radical (unpaired) electrons. The van der Waals surface area contributed by atoms with E-state index in [1.165, 1.54) is 13.3 Å². The van der Waals surface area contributed by atoms with E-state index in [-0.39, 0.29) is 11.5 Å². The van der Waals surface area contributed by atoms with E-state index in [4.69, 9.17) is 9.84 Å². The van der Waals surface area contributed by atoms with Gasteiger partial charge in [0.25, 0.3) is 0 Å². The van der Waals surface area contributed by atoms with E-state index in [9.17, 15) is 4.79 Å². The molecule has 0 atom stereocenters. The van der Waals surface area contributed by atoms with Gasteiger partial charge in [0.2, 0.25) is 0 Å². The molecule has 2 aromatic heterocycles. The quantitative estimate of drug-likeness (QED) is 0.885. The summed E-state index contributed by atoms with van der Waals surface area (Å²) in [6.45, 7) is 0.165. The predicted octanol–water partition coefficient (Wildman–Crippen LogP) is 1.44. The van der Waals surface area contributed by atoms with Crippen molar-refractivity contribution in [3.8, 4) is 10.7 Å². The number of methoxy groups -OCH3 is 1. The lowest BCUT2D eigenvalue weighted by Gasteiger charge is -1.94. The molecular formula is C10H9N3O3S. The van der Waals surface area contributed by atoms with Crippen LogP contribution in [0.15, 0.2) is 18.6 Å². The summed E-state index contributed by atoms with van der Waals surface area (Å²) >= 11 is 1.07. The van der Waals surface area contributed by atoms with Crippen LogP contribution in [-0.4, -0.2) is 33.1 Å². The Balaban J connectivity index is 2.44. The summed E-state index contributed by atoms with van der Waals surface area (Å²) in [4.78, 5) is 23.4. The second kappa shape index (κ2) is 4.98. The molecule has 2 heterocycles. The van der Waals surface area contributed by atoms with Gasteiger partial charge in [-0.25, -0.2) is 9.78 Å². The maximum Gasteiger partial charge on any atom is 0.347 e. The Morgan fingerprint density at radius 1 is 1.53 bits per heavy atom. The first-order valence-corrected chi connectivity index (χ1v) is 5.52. The van der Waals surface area contributed by atoms with Crippen molar-refractivity contribution in [2.24, 2.45) is 0 Å². The molecular weight excluding hydrogens is 242 g/mol. The molecule has 0 bridgehead atoms. The van der Waals surface area contributed by atoms with Crippen LogP contribution in [0.25, 0.3) is 10.7 Å². The molecule has 0 amide bonds. The Labute approximate surface area is 101 Å². The first-order valence-electron chi connectivity index (χ1n) is 4.70. The normalized spacial score (nSPS) is 10.4. The fourth-order valence-electron chi connectivity index (χ4n) is 1.27. The molecule has 7 heteroatoms. The summed E-state index contributed by atoms with van der Waals surface area (Å²) < 4.78 is 4.91. The third-order valence-electron chi connectivity index (χ3n) is 1.95. The summed E-state index contributed by atoms with van der Waals surface area (Å²) in [5.74, 6) is -1.01. The SMILES string of the molecule is COCc1nc(-c2cnccn2)sc1C(=O)O. The molecule has 0 fully saturated rings. The number of hydrogen-bond acceptors (Lipinski definition) is 6. The van der Waals surface area contributed by atoms with Crippen molar-refractivity contribution in [3.05, 3.63) is 29.2 Å². The molecule has 0 aliphatic heterocycles. The number of nitrogens with zero attached hydrogens (tertiary/aromatic N) is 3. The summed E-state index contributed by atoms with van der Waals surface area (Å²) in [5, 5.41) is 9.56. The van der Waals surface area contributed by atoms with E-state index >= 15 is 0 Å². The lowest BCUT2D eigenvalue weighted by atomic mass is 10.4. The van der Waals surface area contributed by atoms with Gasteiger partial charge in [-0.2, -0.15) is 0 Å². The molecule has 1 N–H and O–H groups in total. The molecule has 0 unspecified atom stereocenters. The Morgan fingerprint density at radius 3 is 2.94 bits per heavy atom. The Bertz CT molecular complexity index is 527. The number of carboxylic acids is 1. The van der Waals surface area contributed by atoms with Crippen LogP contribution in [0.1, 0.15) is 15.4 Å². The fourth-order valence-corrected chi connectivity index (χ4v) is 2.14. The third-order valence-corrected chi connectivity index (χ3v) is 3.06. The second-order valence-electron chi connectivity index (χ2n) is 3.12. The lowest BCUT2D eigenvalue weighted by Crippen LogP contribution is -1.99. The number of aromatic carboxylic acids is 1. The van der Waals surface area contributed by atoms with Gasteiger partial charge >= 0.3 is 5.97 Å². The smallest absolute Gasteiger partial charge is 0.347 e. The van der Waals surface area contributed by atoms with Crippen molar-refractivity contribution in [1.82, 2.24) is 15.0 Å². The fraction of sp³-hybridized carbons (Fsp3) is 0.200. The summed E-state index contributed by atoms with van der Waals surface area (Å²) in [7, 11) is 1.49. The molecule has 0 aliphatic rings. The van der Waals surface area contributed by atoms with Crippen molar-refractivity contribution < 1.29 is 14.6 Å². The van der Waals surface area contributed by atoms with Crippen LogP contribution in [0.2, 0.25) is 0 Å². The van der Waals surface area contributed by atoms with Crippen LogP contribution < -0.4 is 0 Å². The van der Waals surface area contributed by atoms with Gasteiger partial charge in [0.05, 0.1) is 18.5 Å². The van der Waals surface area contributed by atoms with Crippen LogP contribution in [-0.2, 0) is 11.3 Å². The average molecular weight is 251 g/mol. The minimum atomic E-state index is -1.01. The minimum Gasteiger partial charge on any atom is -0.477 e. The molecule has 0 spiro atoms. The second-order valence-corrected chi connectivity index (χ2v) is 4.12. The van der Waals surface area contributed by atoms with E-state index in [0.29, 0.717) is 16.4 Å². The van der Waals surface area contributed by atoms with Gasteiger partial charge in [0, 0.05) is 19.5 Å². The topological polar surface area (TPSA) is 85.2 Å². The Hall–Kier alpha value is -1.86. The van der Waals surface area contributed by atoms with E-state index in [1.807, 2.05) is 0 Å². The minimum absolute atomic E-state index is 0.165. The standard InChI is InChI=1S/C10H9N3O3S/c1-16-5-7-8(10(14)15)17-9(13-7)6-4-11-2-3-12-6/h2-4H,5H2,1H3,(H,14,15). The van der Waals surface area contributed by atoms with Gasteiger partial charge in [-0.1, -0.05) is 0 Å². The zero-order valence-corrected chi connectivity index (χ0v) is 9.77. The summed E-state index contributed by atoms with van der Waals surface area (Å²) in [5.41, 5.74) is 0.966. The van der Waals surface area contributed by atoms with Gasteiger partial charge in [-0.3, -0.25) is 9.97 Å². The van der Waals surface area contributed by atoms with Gasteiger partial charge in [-0.05, 0) is 0 Å². The maximum atomic E-state index is 11.0. The number of aromatic nitrogens is 3. The van der Waals surface area contributed by atoms with Crippen molar-refractivity contribution in [1.29, 1.82) is 0 Å². The zero-order valence-electron chi connectivity index (χ0n) is 8.95. The molecule has 0 aliphatic carbocycles. The van der Waals surface area contributed by atoms with Crippen LogP contribution in [0, 0.1) is 0 Å². The van der Waals surface area contributed by atoms with Crippen molar-refractivity contribution in [2.45, 2.75) is 6.61 Å². The van der Waals surface area contributed by atoms with E-state index in [1.54, 1.807) is 12.4 Å². The van der Waals surface area contributed by atoms with E-state index in [0.717, 1.165) is 11.3 Å². The van der Waals surface area contributed by atoms with Gasteiger partial charge in [0.1, 0.15) is 15.6 Å². The largest absolute Gasteiger partial charge is 0.477 e. The highest BCUT2D eigenvalue weighted by atomic mass is 32.1.